The van der Waals surface area contributed by atoms with Crippen LogP contribution in [0.2, 0.25) is 0 Å². The third-order valence-electron chi connectivity index (χ3n) is 4.56. The highest BCUT2D eigenvalue weighted by Crippen LogP contribution is 2.11. The van der Waals surface area contributed by atoms with E-state index in [-0.39, 0.29) is 0 Å². The molecule has 3 heteroatoms. The molecule has 0 atom stereocenters. The van der Waals surface area contributed by atoms with E-state index in [1.807, 2.05) is 18.2 Å². The fourth-order valence-electron chi connectivity index (χ4n) is 3.07. The molecule has 0 saturated heterocycles. The monoisotopic (exact) mass is 368 g/mol. The number of hydrogen-bond donors (Lipinski definition) is 0. The van der Waals surface area contributed by atoms with Gasteiger partial charge < -0.3 is 9.47 Å². The number of rotatable bonds is 12. The lowest BCUT2D eigenvalue weighted by molar-refractivity contribution is 0.0539. The van der Waals surface area contributed by atoms with E-state index < -0.39 is 6.16 Å². The molecular formula is C24H32O3. The summed E-state index contributed by atoms with van der Waals surface area (Å²) < 4.78 is 10.3. The summed E-state index contributed by atoms with van der Waals surface area (Å²) in [5, 5.41) is 0. The van der Waals surface area contributed by atoms with Gasteiger partial charge in [0.2, 0.25) is 0 Å². The van der Waals surface area contributed by atoms with E-state index in [0.29, 0.717) is 13.2 Å². The van der Waals surface area contributed by atoms with Gasteiger partial charge in [0.1, 0.15) is 0 Å². The third kappa shape index (κ3) is 9.28. The molecule has 0 aliphatic rings. The summed E-state index contributed by atoms with van der Waals surface area (Å²) in [6.45, 7) is 3.02. The Balaban J connectivity index is 1.54. The van der Waals surface area contributed by atoms with E-state index in [1.54, 1.807) is 0 Å². The van der Waals surface area contributed by atoms with Gasteiger partial charge in [-0.25, -0.2) is 4.79 Å². The molecule has 27 heavy (non-hydrogen) atoms. The first-order chi connectivity index (χ1) is 13.3. The summed E-state index contributed by atoms with van der Waals surface area (Å²) in [6, 6.07) is 18.9. The molecule has 2 aromatic rings. The Morgan fingerprint density at radius 3 is 1.89 bits per heavy atom. The summed E-state index contributed by atoms with van der Waals surface area (Å²) in [6.07, 6.45) is 7.82. The number of benzene rings is 2. The average Bonchev–Trinajstić information content (AvgIpc) is 2.70. The second-order valence-corrected chi connectivity index (χ2v) is 6.92. The molecule has 0 unspecified atom stereocenters. The fraction of sp³-hybridized carbons (Fsp3) is 0.458. The number of hydrogen-bond acceptors (Lipinski definition) is 3. The molecule has 0 aliphatic carbocycles. The van der Waals surface area contributed by atoms with Gasteiger partial charge in [-0.05, 0) is 55.2 Å². The van der Waals surface area contributed by atoms with Gasteiger partial charge in [0.25, 0.3) is 0 Å². The number of carbonyl (C=O) groups is 1. The molecule has 0 spiro atoms. The van der Waals surface area contributed by atoms with Crippen LogP contribution in [0.5, 0.6) is 0 Å². The van der Waals surface area contributed by atoms with Crippen LogP contribution in [0.3, 0.4) is 0 Å². The molecule has 3 nitrogen and oxygen atoms in total. The summed E-state index contributed by atoms with van der Waals surface area (Å²) in [5.41, 5.74) is 3.97. The van der Waals surface area contributed by atoms with Gasteiger partial charge in [-0.1, -0.05) is 74.4 Å². The van der Waals surface area contributed by atoms with Gasteiger partial charge in [0.05, 0.1) is 13.2 Å². The summed E-state index contributed by atoms with van der Waals surface area (Å²) in [5.74, 6) is 0. The molecule has 0 amide bonds. The van der Waals surface area contributed by atoms with Gasteiger partial charge in [-0.3, -0.25) is 0 Å². The molecule has 0 heterocycles. The second-order valence-electron chi connectivity index (χ2n) is 6.92. The first-order valence-electron chi connectivity index (χ1n) is 10.2. The van der Waals surface area contributed by atoms with Crippen LogP contribution in [-0.4, -0.2) is 19.4 Å². The van der Waals surface area contributed by atoms with Crippen molar-refractivity contribution in [3.8, 4) is 0 Å². The largest absolute Gasteiger partial charge is 0.508 e. The van der Waals surface area contributed by atoms with Crippen molar-refractivity contribution in [2.75, 3.05) is 13.2 Å². The maximum atomic E-state index is 11.6. The fourth-order valence-corrected chi connectivity index (χ4v) is 3.07. The SMILES string of the molecule is CCCCCc1cccc(CCCOC(=O)OCCCc2ccccc2)c1. The van der Waals surface area contributed by atoms with Crippen molar-refractivity contribution >= 4 is 6.16 Å². The van der Waals surface area contributed by atoms with E-state index >= 15 is 0 Å². The minimum Gasteiger partial charge on any atom is -0.434 e. The van der Waals surface area contributed by atoms with Crippen LogP contribution < -0.4 is 0 Å². The Hall–Kier alpha value is -2.29. The third-order valence-corrected chi connectivity index (χ3v) is 4.56. The highest BCUT2D eigenvalue weighted by molar-refractivity contribution is 5.59. The molecule has 0 radical (unpaired) electrons. The van der Waals surface area contributed by atoms with Gasteiger partial charge >= 0.3 is 6.16 Å². The Morgan fingerprint density at radius 1 is 0.704 bits per heavy atom. The maximum absolute atomic E-state index is 11.6. The van der Waals surface area contributed by atoms with Crippen molar-refractivity contribution in [1.29, 1.82) is 0 Å². The highest BCUT2D eigenvalue weighted by Gasteiger charge is 2.04. The zero-order valence-electron chi connectivity index (χ0n) is 16.5. The lowest BCUT2D eigenvalue weighted by Gasteiger charge is -2.07. The molecule has 0 bridgehead atoms. The predicted molar refractivity (Wildman–Crippen MR) is 110 cm³/mol. The van der Waals surface area contributed by atoms with Crippen molar-refractivity contribution in [3.05, 3.63) is 71.3 Å². The minimum atomic E-state index is -0.559. The summed E-state index contributed by atoms with van der Waals surface area (Å²) in [4.78, 5) is 11.6. The Labute approximate surface area is 163 Å². The van der Waals surface area contributed by atoms with Crippen LogP contribution in [0.1, 0.15) is 55.7 Å². The number of unbranched alkanes of at least 4 members (excludes halogenated alkanes) is 2. The lowest BCUT2D eigenvalue weighted by Crippen LogP contribution is -2.10. The zero-order chi connectivity index (χ0) is 19.2. The average molecular weight is 369 g/mol. The molecule has 2 rings (SSSR count). The van der Waals surface area contributed by atoms with Crippen LogP contribution in [-0.2, 0) is 28.7 Å². The predicted octanol–water partition coefficient (Wildman–Crippen LogP) is 6.14. The molecule has 0 aliphatic heterocycles. The van der Waals surface area contributed by atoms with Crippen LogP contribution in [0.4, 0.5) is 4.79 Å². The topological polar surface area (TPSA) is 35.5 Å². The Bertz CT molecular complexity index is 652. The van der Waals surface area contributed by atoms with E-state index in [4.69, 9.17) is 9.47 Å². The Morgan fingerprint density at radius 2 is 1.26 bits per heavy atom. The van der Waals surface area contributed by atoms with Crippen molar-refractivity contribution in [2.24, 2.45) is 0 Å². The smallest absolute Gasteiger partial charge is 0.434 e. The molecule has 0 fully saturated rings. The van der Waals surface area contributed by atoms with Crippen LogP contribution >= 0.6 is 0 Å². The van der Waals surface area contributed by atoms with Crippen LogP contribution in [0.25, 0.3) is 0 Å². The van der Waals surface area contributed by atoms with Gasteiger partial charge in [-0.2, -0.15) is 0 Å². The van der Waals surface area contributed by atoms with Crippen molar-refractivity contribution in [3.63, 3.8) is 0 Å². The van der Waals surface area contributed by atoms with Crippen molar-refractivity contribution in [1.82, 2.24) is 0 Å². The molecular weight excluding hydrogens is 336 g/mol. The molecule has 2 aromatic carbocycles. The first kappa shape index (κ1) is 21.0. The molecule has 0 aromatic heterocycles. The van der Waals surface area contributed by atoms with Crippen molar-refractivity contribution in [2.45, 2.75) is 58.3 Å². The van der Waals surface area contributed by atoms with Gasteiger partial charge in [-0.15, -0.1) is 0 Å². The van der Waals surface area contributed by atoms with Gasteiger partial charge in [0, 0.05) is 0 Å². The minimum absolute atomic E-state index is 0.396. The maximum Gasteiger partial charge on any atom is 0.508 e. The zero-order valence-corrected chi connectivity index (χ0v) is 16.5. The number of ether oxygens (including phenoxy) is 2. The Kier molecular flexibility index (Phi) is 10.1. The molecule has 146 valence electrons. The van der Waals surface area contributed by atoms with Gasteiger partial charge in [0.15, 0.2) is 0 Å². The normalized spacial score (nSPS) is 10.6. The number of aryl methyl sites for hydroxylation is 3. The standard InChI is InChI=1S/C24H32O3/c1-2-3-5-13-22-14-8-15-23(20-22)17-10-19-27-24(25)26-18-9-16-21-11-6-4-7-12-21/h4,6-8,11-12,14-15,20H,2-3,5,9-10,13,16-19H2,1H3. The van der Waals surface area contributed by atoms with E-state index in [0.717, 1.165) is 32.1 Å². The van der Waals surface area contributed by atoms with E-state index in [1.165, 1.54) is 36.0 Å². The van der Waals surface area contributed by atoms with E-state index in [2.05, 4.69) is 43.3 Å². The lowest BCUT2D eigenvalue weighted by atomic mass is 10.0. The first-order valence-corrected chi connectivity index (χ1v) is 10.2. The van der Waals surface area contributed by atoms with E-state index in [9.17, 15) is 4.79 Å². The van der Waals surface area contributed by atoms with Crippen LogP contribution in [0.15, 0.2) is 54.6 Å². The summed E-state index contributed by atoms with van der Waals surface area (Å²) >= 11 is 0. The highest BCUT2D eigenvalue weighted by atomic mass is 16.7. The van der Waals surface area contributed by atoms with Crippen LogP contribution in [0, 0.1) is 0 Å². The second kappa shape index (κ2) is 13.0. The quantitative estimate of drug-likeness (QED) is 0.333. The summed E-state index contributed by atoms with van der Waals surface area (Å²) in [7, 11) is 0. The van der Waals surface area contributed by atoms with Crippen molar-refractivity contribution < 1.29 is 14.3 Å². The number of carbonyl (C=O) groups excluding carboxylic acids is 1. The molecule has 0 saturated carbocycles. The molecule has 0 N–H and O–H groups in total.